The van der Waals surface area contributed by atoms with Crippen LogP contribution in [0.2, 0.25) is 0 Å². The minimum atomic E-state index is -5.26. The van der Waals surface area contributed by atoms with Crippen LogP contribution in [0, 0.1) is 10.1 Å². The van der Waals surface area contributed by atoms with E-state index in [0.29, 0.717) is 5.56 Å². The maximum Gasteiger partial charge on any atom is 0.490 e. The lowest BCUT2D eigenvalue weighted by molar-refractivity contribution is -0.385. The standard InChI is InChI=1S/C19H16F3N3O5/c20-19(21,22)18(27)30-17-14-9-13(25(28)29)7-6-12(14)8-15(24-17)16(26)23-10-11-4-2-1-3-5-11/h1-7,9,15,17,24H,8,10H2,(H,23,26)/t15-,17?/m0/s1. The van der Waals surface area contributed by atoms with E-state index in [0.717, 1.165) is 11.6 Å². The van der Waals surface area contributed by atoms with E-state index in [9.17, 15) is 32.9 Å². The molecule has 0 aliphatic carbocycles. The quantitative estimate of drug-likeness (QED) is 0.435. The lowest BCUT2D eigenvalue weighted by Crippen LogP contribution is -2.51. The summed E-state index contributed by atoms with van der Waals surface area (Å²) in [5, 5.41) is 16.2. The number of carbonyl (C=O) groups excluding carboxylic acids is 2. The van der Waals surface area contributed by atoms with Crippen LogP contribution in [-0.2, 0) is 27.3 Å². The number of benzene rings is 2. The summed E-state index contributed by atoms with van der Waals surface area (Å²) in [4.78, 5) is 34.1. The maximum absolute atomic E-state index is 12.7. The summed E-state index contributed by atoms with van der Waals surface area (Å²) in [5.41, 5.74) is 0.793. The lowest BCUT2D eigenvalue weighted by Gasteiger charge is -2.32. The molecule has 2 atom stereocenters. The highest BCUT2D eigenvalue weighted by Crippen LogP contribution is 2.31. The molecule has 0 radical (unpaired) electrons. The van der Waals surface area contributed by atoms with Crippen LogP contribution in [-0.4, -0.2) is 29.0 Å². The van der Waals surface area contributed by atoms with Gasteiger partial charge in [-0.25, -0.2) is 4.79 Å². The average molecular weight is 423 g/mol. The van der Waals surface area contributed by atoms with Crippen LogP contribution in [0.15, 0.2) is 48.5 Å². The number of non-ortho nitro benzene ring substituents is 1. The monoisotopic (exact) mass is 423 g/mol. The summed E-state index contributed by atoms with van der Waals surface area (Å²) in [5.74, 6) is -2.99. The third-order valence-electron chi connectivity index (χ3n) is 4.48. The number of alkyl halides is 3. The summed E-state index contributed by atoms with van der Waals surface area (Å²) in [6, 6.07) is 11.5. The van der Waals surface area contributed by atoms with Gasteiger partial charge in [0.05, 0.1) is 11.0 Å². The van der Waals surface area contributed by atoms with E-state index in [2.05, 4.69) is 15.4 Å². The number of fused-ring (bicyclic) bond motifs is 1. The minimum absolute atomic E-state index is 0.00564. The molecule has 1 aliphatic rings. The first-order valence-electron chi connectivity index (χ1n) is 8.78. The lowest BCUT2D eigenvalue weighted by atomic mass is 9.93. The van der Waals surface area contributed by atoms with E-state index in [4.69, 9.17) is 0 Å². The zero-order chi connectivity index (χ0) is 21.9. The Bertz CT molecular complexity index is 966. The summed E-state index contributed by atoms with van der Waals surface area (Å²) in [6.45, 7) is 0.192. The van der Waals surface area contributed by atoms with E-state index in [-0.39, 0.29) is 24.2 Å². The second kappa shape index (κ2) is 8.49. The van der Waals surface area contributed by atoms with Gasteiger partial charge >= 0.3 is 12.1 Å². The number of esters is 1. The Labute approximate surface area is 168 Å². The Morgan fingerprint density at radius 3 is 2.53 bits per heavy atom. The highest BCUT2D eigenvalue weighted by Gasteiger charge is 2.44. The summed E-state index contributed by atoms with van der Waals surface area (Å²) >= 11 is 0. The SMILES string of the molecule is O=C(NCc1ccccc1)[C@@H]1Cc2ccc([N+](=O)[O-])cc2C(OC(=O)C(F)(F)F)N1. The third kappa shape index (κ3) is 4.92. The van der Waals surface area contributed by atoms with Gasteiger partial charge in [0.25, 0.3) is 5.69 Å². The molecule has 2 aromatic carbocycles. The van der Waals surface area contributed by atoms with Crippen LogP contribution >= 0.6 is 0 Å². The van der Waals surface area contributed by atoms with Crippen molar-refractivity contribution in [3.05, 3.63) is 75.3 Å². The number of carbonyl (C=O) groups is 2. The van der Waals surface area contributed by atoms with Gasteiger partial charge in [0.2, 0.25) is 5.91 Å². The number of ether oxygens (including phenoxy) is 1. The maximum atomic E-state index is 12.7. The van der Waals surface area contributed by atoms with Crippen LogP contribution in [0.25, 0.3) is 0 Å². The van der Waals surface area contributed by atoms with Crippen molar-refractivity contribution in [2.45, 2.75) is 31.4 Å². The summed E-state index contributed by atoms with van der Waals surface area (Å²) in [7, 11) is 0. The molecule has 0 fully saturated rings. The molecule has 0 aromatic heterocycles. The molecule has 1 aliphatic heterocycles. The van der Waals surface area contributed by atoms with E-state index in [1.165, 1.54) is 12.1 Å². The number of nitro groups is 1. The Balaban J connectivity index is 1.81. The van der Waals surface area contributed by atoms with E-state index in [1.807, 2.05) is 6.07 Å². The predicted octanol–water partition coefficient (Wildman–Crippen LogP) is 2.53. The largest absolute Gasteiger partial charge is 0.490 e. The van der Waals surface area contributed by atoms with Gasteiger partial charge in [-0.3, -0.25) is 20.2 Å². The van der Waals surface area contributed by atoms with E-state index >= 15 is 0 Å². The van der Waals surface area contributed by atoms with Crippen LogP contribution in [0.3, 0.4) is 0 Å². The van der Waals surface area contributed by atoms with Crippen molar-refractivity contribution in [3.63, 3.8) is 0 Å². The zero-order valence-corrected chi connectivity index (χ0v) is 15.3. The van der Waals surface area contributed by atoms with Crippen molar-refractivity contribution in [1.82, 2.24) is 10.6 Å². The minimum Gasteiger partial charge on any atom is -0.436 e. The number of nitrogens with one attached hydrogen (secondary N) is 2. The Morgan fingerprint density at radius 2 is 1.90 bits per heavy atom. The van der Waals surface area contributed by atoms with Crippen LogP contribution < -0.4 is 10.6 Å². The van der Waals surface area contributed by atoms with Crippen molar-refractivity contribution in [2.24, 2.45) is 0 Å². The molecule has 0 bridgehead atoms. The highest BCUT2D eigenvalue weighted by molar-refractivity contribution is 5.83. The van der Waals surface area contributed by atoms with Gasteiger partial charge in [-0.15, -0.1) is 0 Å². The molecule has 2 N–H and O–H groups in total. The predicted molar refractivity (Wildman–Crippen MR) is 96.9 cm³/mol. The fraction of sp³-hybridized carbons (Fsp3) is 0.263. The number of hydrogen-bond acceptors (Lipinski definition) is 6. The summed E-state index contributed by atoms with van der Waals surface area (Å²) < 4.78 is 42.5. The molecule has 1 heterocycles. The number of nitro benzene ring substituents is 1. The number of halogens is 3. The molecule has 1 amide bonds. The van der Waals surface area contributed by atoms with Crippen molar-refractivity contribution in [1.29, 1.82) is 0 Å². The van der Waals surface area contributed by atoms with Crippen molar-refractivity contribution in [2.75, 3.05) is 0 Å². The van der Waals surface area contributed by atoms with E-state index in [1.54, 1.807) is 24.3 Å². The van der Waals surface area contributed by atoms with E-state index < -0.39 is 35.2 Å². The molecule has 1 unspecified atom stereocenters. The van der Waals surface area contributed by atoms with Crippen LogP contribution in [0.4, 0.5) is 18.9 Å². The number of nitrogens with zero attached hydrogens (tertiary/aromatic N) is 1. The number of amides is 1. The normalized spacial score (nSPS) is 18.2. The van der Waals surface area contributed by atoms with Crippen molar-refractivity contribution in [3.8, 4) is 0 Å². The molecule has 158 valence electrons. The van der Waals surface area contributed by atoms with Gasteiger partial charge in [0.15, 0.2) is 6.23 Å². The Hall–Kier alpha value is -3.47. The van der Waals surface area contributed by atoms with Gasteiger partial charge in [-0.05, 0) is 17.5 Å². The average Bonchev–Trinajstić information content (AvgIpc) is 2.71. The fourth-order valence-corrected chi connectivity index (χ4v) is 3.03. The molecule has 30 heavy (non-hydrogen) atoms. The van der Waals surface area contributed by atoms with Gasteiger partial charge in [0.1, 0.15) is 0 Å². The van der Waals surface area contributed by atoms with Crippen LogP contribution in [0.1, 0.15) is 22.9 Å². The second-order valence-electron chi connectivity index (χ2n) is 6.55. The van der Waals surface area contributed by atoms with Gasteiger partial charge in [-0.2, -0.15) is 13.2 Å². The smallest absolute Gasteiger partial charge is 0.436 e. The Kier molecular flexibility index (Phi) is 6.01. The first kappa shape index (κ1) is 21.2. The van der Waals surface area contributed by atoms with Crippen molar-refractivity contribution >= 4 is 17.6 Å². The molecular formula is C19H16F3N3O5. The zero-order valence-electron chi connectivity index (χ0n) is 15.3. The van der Waals surface area contributed by atoms with Gasteiger partial charge in [0, 0.05) is 24.2 Å². The molecule has 2 aromatic rings. The van der Waals surface area contributed by atoms with Gasteiger partial charge < -0.3 is 10.1 Å². The first-order valence-corrected chi connectivity index (χ1v) is 8.78. The first-order chi connectivity index (χ1) is 14.1. The molecular weight excluding hydrogens is 407 g/mol. The second-order valence-corrected chi connectivity index (χ2v) is 6.55. The Morgan fingerprint density at radius 1 is 1.20 bits per heavy atom. The van der Waals surface area contributed by atoms with Crippen LogP contribution in [0.5, 0.6) is 0 Å². The topological polar surface area (TPSA) is 111 Å². The van der Waals surface area contributed by atoms with Gasteiger partial charge in [-0.1, -0.05) is 36.4 Å². The fourth-order valence-electron chi connectivity index (χ4n) is 3.03. The molecule has 3 rings (SSSR count). The molecule has 0 saturated carbocycles. The summed E-state index contributed by atoms with van der Waals surface area (Å²) in [6.07, 6.45) is -6.88. The molecule has 0 spiro atoms. The molecule has 0 saturated heterocycles. The van der Waals surface area contributed by atoms with Crippen molar-refractivity contribution < 1.29 is 32.4 Å². The number of hydrogen-bond donors (Lipinski definition) is 2. The number of rotatable bonds is 5. The third-order valence-corrected chi connectivity index (χ3v) is 4.48. The molecule has 8 nitrogen and oxygen atoms in total. The molecule has 11 heteroatoms. The highest BCUT2D eigenvalue weighted by atomic mass is 19.4.